The molecule has 0 aromatic heterocycles. The second-order valence-corrected chi connectivity index (χ2v) is 11.2. The van der Waals surface area contributed by atoms with Crippen LogP contribution in [0.25, 0.3) is 0 Å². The van der Waals surface area contributed by atoms with Crippen LogP contribution in [0.5, 0.6) is 0 Å². The summed E-state index contributed by atoms with van der Waals surface area (Å²) in [6.45, 7) is 6.70. The minimum absolute atomic E-state index is 0.0706. The Morgan fingerprint density at radius 3 is 2.07 bits per heavy atom. The Bertz CT molecular complexity index is 776. The third-order valence-electron chi connectivity index (χ3n) is 5.75. The molecule has 154 valence electrons. The first-order chi connectivity index (χ1) is 13.9. The number of rotatable bonds is 6. The maximum atomic E-state index is 9.65. The van der Waals surface area contributed by atoms with Crippen LogP contribution in [0.3, 0.4) is 0 Å². The van der Waals surface area contributed by atoms with Gasteiger partial charge in [-0.1, -0.05) is 81.4 Å². The van der Waals surface area contributed by atoms with E-state index >= 15 is 0 Å². The van der Waals surface area contributed by atoms with Crippen molar-refractivity contribution >= 4 is 19.4 Å². The molecule has 0 N–H and O–H groups in total. The summed E-state index contributed by atoms with van der Waals surface area (Å²) in [5.41, 5.74) is 0.0706. The van der Waals surface area contributed by atoms with Crippen LogP contribution >= 0.6 is 0 Å². The Hall–Kier alpha value is -1.97. The van der Waals surface area contributed by atoms with Crippen molar-refractivity contribution in [3.63, 3.8) is 0 Å². The highest BCUT2D eigenvalue weighted by atomic mass is 28.3. The normalized spacial score (nSPS) is 25.0. The zero-order valence-electron chi connectivity index (χ0n) is 17.8. The van der Waals surface area contributed by atoms with Crippen LogP contribution in [0.4, 0.5) is 0 Å². The predicted molar refractivity (Wildman–Crippen MR) is 117 cm³/mol. The highest BCUT2D eigenvalue weighted by Crippen LogP contribution is 2.44. The van der Waals surface area contributed by atoms with Crippen molar-refractivity contribution in [1.82, 2.24) is 0 Å². The van der Waals surface area contributed by atoms with E-state index in [-0.39, 0.29) is 18.1 Å². The van der Waals surface area contributed by atoms with Gasteiger partial charge in [-0.05, 0) is 21.7 Å². The molecule has 0 bridgehead atoms. The van der Waals surface area contributed by atoms with E-state index in [2.05, 4.69) is 51.1 Å². The number of methoxy groups -OCH3 is 1. The van der Waals surface area contributed by atoms with Gasteiger partial charge in [-0.15, -0.1) is 0 Å². The van der Waals surface area contributed by atoms with Crippen LogP contribution in [0.1, 0.15) is 40.0 Å². The average Bonchev–Trinajstić information content (AvgIpc) is 2.72. The van der Waals surface area contributed by atoms with Crippen LogP contribution in [0, 0.1) is 22.7 Å². The lowest BCUT2D eigenvalue weighted by molar-refractivity contribution is -0.312. The van der Waals surface area contributed by atoms with E-state index in [1.807, 2.05) is 36.4 Å². The molecular formula is C24H31NO3Si. The summed E-state index contributed by atoms with van der Waals surface area (Å²) in [6, 6.07) is 22.9. The highest BCUT2D eigenvalue weighted by Gasteiger charge is 2.47. The van der Waals surface area contributed by atoms with E-state index in [0.29, 0.717) is 12.3 Å². The zero-order valence-corrected chi connectivity index (χ0v) is 19.0. The third kappa shape index (κ3) is 5.34. The molecule has 0 aliphatic carbocycles. The van der Waals surface area contributed by atoms with Gasteiger partial charge in [0.1, 0.15) is 0 Å². The van der Waals surface area contributed by atoms with E-state index in [0.717, 1.165) is 6.42 Å². The zero-order chi connectivity index (χ0) is 20.9. The largest absolute Gasteiger partial charge is 0.383 e. The first-order valence-corrected chi connectivity index (χ1v) is 11.8. The number of nitrogens with zero attached hydrogens (tertiary/aromatic N) is 1. The lowest BCUT2D eigenvalue weighted by Crippen LogP contribution is -2.57. The number of nitriles is 1. The van der Waals surface area contributed by atoms with Crippen LogP contribution in [0.15, 0.2) is 60.7 Å². The minimum atomic E-state index is -2.07. The van der Waals surface area contributed by atoms with Crippen LogP contribution in [0.2, 0.25) is 0 Å². The summed E-state index contributed by atoms with van der Waals surface area (Å²) in [5.74, 6) is -0.635. The van der Waals surface area contributed by atoms with Crippen LogP contribution in [-0.4, -0.2) is 28.2 Å². The summed E-state index contributed by atoms with van der Waals surface area (Å²) in [7, 11) is -0.411. The highest BCUT2D eigenvalue weighted by molar-refractivity contribution is 6.80. The predicted octanol–water partition coefficient (Wildman–Crippen LogP) is 3.60. The molecule has 0 saturated carbocycles. The fraction of sp³-hybridized carbons (Fsp3) is 0.458. The summed E-state index contributed by atoms with van der Waals surface area (Å²) in [4.78, 5) is 0. The molecule has 0 spiro atoms. The molecule has 2 aromatic rings. The summed E-state index contributed by atoms with van der Waals surface area (Å²) in [5, 5.41) is 12.0. The molecule has 3 atom stereocenters. The molecule has 4 nitrogen and oxygen atoms in total. The SMILES string of the molecule is CO[C@@H]1C[C@@H](C(C)(C)C)C[C@](CC#N)(O[SiH](c2ccccc2)c2ccccc2)O1. The molecule has 29 heavy (non-hydrogen) atoms. The molecule has 5 heteroatoms. The molecule has 1 aliphatic heterocycles. The molecule has 2 aromatic carbocycles. The lowest BCUT2D eigenvalue weighted by atomic mass is 9.73. The fourth-order valence-corrected chi connectivity index (χ4v) is 6.45. The smallest absolute Gasteiger partial charge is 0.243 e. The number of hydrogen-bond donors (Lipinski definition) is 0. The summed E-state index contributed by atoms with van der Waals surface area (Å²) in [6.07, 6.45) is 1.30. The van der Waals surface area contributed by atoms with Gasteiger partial charge in [-0.3, -0.25) is 0 Å². The number of benzene rings is 2. The molecular weight excluding hydrogens is 378 g/mol. The van der Waals surface area contributed by atoms with E-state index < -0.39 is 14.8 Å². The van der Waals surface area contributed by atoms with Crippen molar-refractivity contribution < 1.29 is 13.9 Å². The number of ether oxygens (including phenoxy) is 2. The van der Waals surface area contributed by atoms with E-state index in [1.165, 1.54) is 10.4 Å². The fourth-order valence-electron chi connectivity index (χ4n) is 3.98. The molecule has 1 fully saturated rings. The average molecular weight is 410 g/mol. The molecule has 1 saturated heterocycles. The van der Waals surface area contributed by atoms with Crippen molar-refractivity contribution in [2.24, 2.45) is 11.3 Å². The molecule has 0 radical (unpaired) electrons. The second-order valence-electron chi connectivity index (χ2n) is 8.85. The minimum Gasteiger partial charge on any atom is -0.383 e. The van der Waals surface area contributed by atoms with Crippen molar-refractivity contribution in [2.75, 3.05) is 7.11 Å². The van der Waals surface area contributed by atoms with Crippen molar-refractivity contribution in [3.05, 3.63) is 60.7 Å². The summed E-state index contributed by atoms with van der Waals surface area (Å²) < 4.78 is 18.8. The second kappa shape index (κ2) is 9.23. The van der Waals surface area contributed by atoms with E-state index in [9.17, 15) is 5.26 Å². The molecule has 0 unspecified atom stereocenters. The van der Waals surface area contributed by atoms with Gasteiger partial charge in [0.25, 0.3) is 0 Å². The van der Waals surface area contributed by atoms with Gasteiger partial charge in [0.2, 0.25) is 9.04 Å². The van der Waals surface area contributed by atoms with Crippen molar-refractivity contribution in [2.45, 2.75) is 52.1 Å². The lowest BCUT2D eigenvalue weighted by Gasteiger charge is -2.48. The first-order valence-electron chi connectivity index (χ1n) is 10.2. The quantitative estimate of drug-likeness (QED) is 0.684. The Labute approximate surface area is 176 Å². The van der Waals surface area contributed by atoms with Gasteiger partial charge < -0.3 is 13.9 Å². The van der Waals surface area contributed by atoms with Gasteiger partial charge >= 0.3 is 0 Å². The van der Waals surface area contributed by atoms with Gasteiger partial charge in [0.15, 0.2) is 12.1 Å². The van der Waals surface area contributed by atoms with Crippen molar-refractivity contribution in [3.8, 4) is 6.07 Å². The number of hydrogen-bond acceptors (Lipinski definition) is 4. The summed E-state index contributed by atoms with van der Waals surface area (Å²) >= 11 is 0. The van der Waals surface area contributed by atoms with Gasteiger partial charge in [-0.25, -0.2) is 0 Å². The Balaban J connectivity index is 2.00. The monoisotopic (exact) mass is 409 g/mol. The van der Waals surface area contributed by atoms with Gasteiger partial charge in [0, 0.05) is 20.0 Å². The Morgan fingerprint density at radius 1 is 1.07 bits per heavy atom. The Morgan fingerprint density at radius 2 is 1.62 bits per heavy atom. The van der Waals surface area contributed by atoms with Gasteiger partial charge in [-0.2, -0.15) is 5.26 Å². The van der Waals surface area contributed by atoms with Gasteiger partial charge in [0.05, 0.1) is 12.5 Å². The molecule has 3 rings (SSSR count). The van der Waals surface area contributed by atoms with E-state index in [1.54, 1.807) is 7.11 Å². The van der Waals surface area contributed by atoms with E-state index in [4.69, 9.17) is 13.9 Å². The Kier molecular flexibility index (Phi) is 6.92. The molecule has 1 aliphatic rings. The van der Waals surface area contributed by atoms with Crippen LogP contribution < -0.4 is 10.4 Å². The first kappa shape index (κ1) is 21.7. The molecule has 0 amide bonds. The maximum absolute atomic E-state index is 9.65. The topological polar surface area (TPSA) is 51.5 Å². The standard InChI is InChI=1S/C24H31NO3Si/c1-23(2,3)19-17-22(26-4)27-24(18-19,15-16-25)28-29(20-11-7-5-8-12-20)21-13-9-6-10-14-21/h5-14,19,22,29H,15,17-18H2,1-4H3/t19-,22+,24+/m1/s1. The van der Waals surface area contributed by atoms with Crippen LogP contribution in [-0.2, 0) is 13.9 Å². The molecule has 1 heterocycles. The maximum Gasteiger partial charge on any atom is 0.243 e. The van der Waals surface area contributed by atoms with Crippen molar-refractivity contribution in [1.29, 1.82) is 5.26 Å². The third-order valence-corrected chi connectivity index (χ3v) is 8.40.